The fourth-order valence-electron chi connectivity index (χ4n) is 2.41. The first-order valence-corrected chi connectivity index (χ1v) is 7.01. The minimum absolute atomic E-state index is 0.722. The first-order chi connectivity index (χ1) is 10.1. The van der Waals surface area contributed by atoms with Crippen LogP contribution in [0, 0.1) is 20.8 Å². The summed E-state index contributed by atoms with van der Waals surface area (Å²) in [5, 5.41) is 12.0. The molecule has 6 heteroatoms. The van der Waals surface area contributed by atoms with Gasteiger partial charge in [0.25, 0.3) is 0 Å². The van der Waals surface area contributed by atoms with Crippen LogP contribution in [-0.2, 0) is 6.42 Å². The van der Waals surface area contributed by atoms with Crippen LogP contribution in [0.1, 0.15) is 29.7 Å². The van der Waals surface area contributed by atoms with E-state index in [-0.39, 0.29) is 0 Å². The van der Waals surface area contributed by atoms with Gasteiger partial charge in [0.2, 0.25) is 0 Å². The van der Waals surface area contributed by atoms with Crippen LogP contribution < -0.4 is 0 Å². The quantitative estimate of drug-likeness (QED) is 0.801. The SMILES string of the molecule is CCc1[nH]nc(-c2nc(C)nn2-c2ccnc(C)c2)c1C. The Balaban J connectivity index is 2.18. The molecule has 108 valence electrons. The van der Waals surface area contributed by atoms with Crippen LogP contribution in [0.4, 0.5) is 0 Å². The summed E-state index contributed by atoms with van der Waals surface area (Å²) in [4.78, 5) is 8.77. The van der Waals surface area contributed by atoms with E-state index in [1.165, 1.54) is 0 Å². The van der Waals surface area contributed by atoms with E-state index in [0.717, 1.165) is 46.4 Å². The molecular weight excluding hydrogens is 264 g/mol. The lowest BCUT2D eigenvalue weighted by atomic mass is 10.1. The van der Waals surface area contributed by atoms with Crippen molar-refractivity contribution in [2.24, 2.45) is 0 Å². The summed E-state index contributed by atoms with van der Waals surface area (Å²) in [6.45, 7) is 8.01. The van der Waals surface area contributed by atoms with Crippen LogP contribution >= 0.6 is 0 Å². The Labute approximate surface area is 123 Å². The van der Waals surface area contributed by atoms with Crippen molar-refractivity contribution < 1.29 is 0 Å². The van der Waals surface area contributed by atoms with Gasteiger partial charge in [-0.3, -0.25) is 10.1 Å². The van der Waals surface area contributed by atoms with Gasteiger partial charge in [-0.2, -0.15) is 10.2 Å². The lowest BCUT2D eigenvalue weighted by Gasteiger charge is -2.05. The first-order valence-electron chi connectivity index (χ1n) is 7.01. The largest absolute Gasteiger partial charge is 0.282 e. The highest BCUT2D eigenvalue weighted by Crippen LogP contribution is 2.24. The summed E-state index contributed by atoms with van der Waals surface area (Å²) in [6.07, 6.45) is 2.70. The van der Waals surface area contributed by atoms with Gasteiger partial charge in [-0.1, -0.05) is 6.92 Å². The van der Waals surface area contributed by atoms with E-state index in [1.807, 2.05) is 30.7 Å². The maximum Gasteiger partial charge on any atom is 0.184 e. The summed E-state index contributed by atoms with van der Waals surface area (Å²) in [7, 11) is 0. The minimum Gasteiger partial charge on any atom is -0.282 e. The van der Waals surface area contributed by atoms with Gasteiger partial charge in [-0.25, -0.2) is 9.67 Å². The van der Waals surface area contributed by atoms with E-state index in [9.17, 15) is 0 Å². The van der Waals surface area contributed by atoms with Crippen LogP contribution in [-0.4, -0.2) is 29.9 Å². The molecule has 0 saturated heterocycles. The standard InChI is InChI=1S/C15H18N6/c1-5-13-10(3)14(19-18-13)15-17-11(4)20-21(15)12-6-7-16-9(2)8-12/h6-8H,5H2,1-4H3,(H,18,19). The third kappa shape index (κ3) is 2.33. The topological polar surface area (TPSA) is 72.3 Å². The monoisotopic (exact) mass is 282 g/mol. The molecule has 0 spiro atoms. The van der Waals surface area contributed by atoms with Crippen molar-refractivity contribution in [3.8, 4) is 17.2 Å². The zero-order chi connectivity index (χ0) is 15.0. The molecule has 0 atom stereocenters. The van der Waals surface area contributed by atoms with Crippen molar-refractivity contribution in [1.82, 2.24) is 29.9 Å². The average Bonchev–Trinajstić information content (AvgIpc) is 3.01. The van der Waals surface area contributed by atoms with Gasteiger partial charge in [0.1, 0.15) is 11.5 Å². The molecule has 0 fully saturated rings. The maximum absolute atomic E-state index is 4.54. The zero-order valence-electron chi connectivity index (χ0n) is 12.7. The molecule has 3 heterocycles. The second-order valence-corrected chi connectivity index (χ2v) is 5.08. The number of aryl methyl sites for hydroxylation is 3. The van der Waals surface area contributed by atoms with E-state index in [1.54, 1.807) is 6.20 Å². The van der Waals surface area contributed by atoms with Gasteiger partial charge in [0, 0.05) is 23.1 Å². The molecule has 0 bridgehead atoms. The van der Waals surface area contributed by atoms with Crippen LogP contribution in [0.5, 0.6) is 0 Å². The van der Waals surface area contributed by atoms with Crippen molar-refractivity contribution in [3.63, 3.8) is 0 Å². The Morgan fingerprint density at radius 1 is 1.24 bits per heavy atom. The van der Waals surface area contributed by atoms with Crippen molar-refractivity contribution in [3.05, 3.63) is 41.1 Å². The molecule has 6 nitrogen and oxygen atoms in total. The highest BCUT2D eigenvalue weighted by Gasteiger charge is 2.18. The Bertz CT molecular complexity index is 783. The number of pyridine rings is 1. The zero-order valence-corrected chi connectivity index (χ0v) is 12.7. The fraction of sp³-hybridized carbons (Fsp3) is 0.333. The highest BCUT2D eigenvalue weighted by atomic mass is 15.4. The highest BCUT2D eigenvalue weighted by molar-refractivity contribution is 5.58. The molecule has 0 saturated carbocycles. The van der Waals surface area contributed by atoms with Crippen molar-refractivity contribution >= 4 is 0 Å². The van der Waals surface area contributed by atoms with E-state index in [2.05, 4.69) is 39.1 Å². The predicted molar refractivity (Wildman–Crippen MR) is 80.3 cm³/mol. The van der Waals surface area contributed by atoms with E-state index in [0.29, 0.717) is 0 Å². The van der Waals surface area contributed by atoms with Crippen LogP contribution in [0.15, 0.2) is 18.3 Å². The van der Waals surface area contributed by atoms with Gasteiger partial charge in [-0.15, -0.1) is 0 Å². The van der Waals surface area contributed by atoms with E-state index in [4.69, 9.17) is 0 Å². The van der Waals surface area contributed by atoms with Gasteiger partial charge >= 0.3 is 0 Å². The lowest BCUT2D eigenvalue weighted by molar-refractivity contribution is 0.859. The third-order valence-corrected chi connectivity index (χ3v) is 3.51. The van der Waals surface area contributed by atoms with Gasteiger partial charge in [0.05, 0.1) is 5.69 Å². The molecule has 0 unspecified atom stereocenters. The molecule has 1 N–H and O–H groups in total. The number of aromatic nitrogens is 6. The lowest BCUT2D eigenvalue weighted by Crippen LogP contribution is -2.01. The number of hydrogen-bond acceptors (Lipinski definition) is 4. The summed E-state index contributed by atoms with van der Waals surface area (Å²) >= 11 is 0. The maximum atomic E-state index is 4.54. The summed E-state index contributed by atoms with van der Waals surface area (Å²) in [6, 6.07) is 3.91. The fourth-order valence-corrected chi connectivity index (χ4v) is 2.41. The first kappa shape index (κ1) is 13.5. The number of nitrogens with zero attached hydrogens (tertiary/aromatic N) is 5. The van der Waals surface area contributed by atoms with E-state index < -0.39 is 0 Å². The normalized spacial score (nSPS) is 11.0. The van der Waals surface area contributed by atoms with Crippen molar-refractivity contribution in [2.45, 2.75) is 34.1 Å². The second-order valence-electron chi connectivity index (χ2n) is 5.08. The smallest absolute Gasteiger partial charge is 0.184 e. The summed E-state index contributed by atoms with van der Waals surface area (Å²) in [5.74, 6) is 1.48. The molecule has 3 aromatic rings. The van der Waals surface area contributed by atoms with Crippen LogP contribution in [0.25, 0.3) is 17.2 Å². The Morgan fingerprint density at radius 3 is 2.71 bits per heavy atom. The molecular formula is C15H18N6. The molecule has 0 aromatic carbocycles. The molecule has 0 amide bonds. The number of H-pyrrole nitrogens is 1. The van der Waals surface area contributed by atoms with Crippen molar-refractivity contribution in [1.29, 1.82) is 0 Å². The molecule has 21 heavy (non-hydrogen) atoms. The summed E-state index contributed by atoms with van der Waals surface area (Å²) in [5.41, 5.74) is 4.99. The molecule has 0 aliphatic carbocycles. The minimum atomic E-state index is 0.722. The molecule has 0 radical (unpaired) electrons. The molecule has 3 aromatic heterocycles. The number of nitrogens with one attached hydrogen (secondary N) is 1. The Hall–Kier alpha value is -2.50. The Kier molecular flexibility index (Phi) is 3.29. The van der Waals surface area contributed by atoms with Crippen LogP contribution in [0.2, 0.25) is 0 Å². The molecule has 0 aliphatic rings. The second kappa shape index (κ2) is 5.12. The number of aromatic amines is 1. The molecule has 0 aliphatic heterocycles. The molecule has 3 rings (SSSR count). The summed E-state index contributed by atoms with van der Waals surface area (Å²) < 4.78 is 1.83. The van der Waals surface area contributed by atoms with Crippen LogP contribution in [0.3, 0.4) is 0 Å². The average molecular weight is 282 g/mol. The van der Waals surface area contributed by atoms with Gasteiger partial charge < -0.3 is 0 Å². The van der Waals surface area contributed by atoms with Crippen molar-refractivity contribution in [2.75, 3.05) is 0 Å². The third-order valence-electron chi connectivity index (χ3n) is 3.51. The Morgan fingerprint density at radius 2 is 2.05 bits per heavy atom. The number of rotatable bonds is 3. The number of hydrogen-bond donors (Lipinski definition) is 1. The van der Waals surface area contributed by atoms with E-state index >= 15 is 0 Å². The van der Waals surface area contributed by atoms with Gasteiger partial charge in [0.15, 0.2) is 5.82 Å². The predicted octanol–water partition coefficient (Wildman–Crippen LogP) is 2.54. The van der Waals surface area contributed by atoms with Gasteiger partial charge in [-0.05, 0) is 39.3 Å².